The third kappa shape index (κ3) is 2.40. The fourth-order valence-electron chi connectivity index (χ4n) is 7.27. The van der Waals surface area contributed by atoms with Crippen molar-refractivity contribution in [2.45, 2.75) is 59.1 Å². The molecule has 1 saturated heterocycles. The average Bonchev–Trinajstić information content (AvgIpc) is 3.25. The van der Waals surface area contributed by atoms with Gasteiger partial charge in [-0.05, 0) is 72.1 Å². The van der Waals surface area contributed by atoms with Crippen LogP contribution < -0.4 is 11.0 Å². The van der Waals surface area contributed by atoms with Crippen LogP contribution in [-0.2, 0) is 23.6 Å². The number of aromatic nitrogens is 2. The second-order valence-corrected chi connectivity index (χ2v) is 10.6. The number of carbonyl (C=O) groups is 1. The molecule has 1 N–H and O–H groups in total. The number of nitrogens with one attached hydrogen (secondary N) is 1. The minimum atomic E-state index is -0.00465. The van der Waals surface area contributed by atoms with Gasteiger partial charge < -0.3 is 10.1 Å². The Hall–Kier alpha value is -2.08. The first-order valence-electron chi connectivity index (χ1n) is 11.1. The van der Waals surface area contributed by atoms with Gasteiger partial charge >= 0.3 is 5.69 Å². The van der Waals surface area contributed by atoms with Gasteiger partial charge in [-0.1, -0.05) is 13.8 Å². The summed E-state index contributed by atoms with van der Waals surface area (Å²) in [6.07, 6.45) is 3.32. The maximum absolute atomic E-state index is 12.4. The molecule has 6 nitrogen and oxygen atoms in total. The van der Waals surface area contributed by atoms with E-state index in [9.17, 15) is 9.59 Å². The van der Waals surface area contributed by atoms with Crippen LogP contribution in [0.1, 0.15) is 57.3 Å². The molecule has 2 aliphatic carbocycles. The zero-order valence-corrected chi connectivity index (χ0v) is 18.9. The Morgan fingerprint density at radius 3 is 2.53 bits per heavy atom. The summed E-state index contributed by atoms with van der Waals surface area (Å²) in [5, 5.41) is 3.35. The van der Waals surface area contributed by atoms with Gasteiger partial charge in [-0.3, -0.25) is 13.9 Å². The van der Waals surface area contributed by atoms with Gasteiger partial charge in [0.05, 0.1) is 17.1 Å². The molecular weight excluding hydrogens is 378 g/mol. The Balaban J connectivity index is 1.61. The quantitative estimate of drug-likeness (QED) is 0.825. The van der Waals surface area contributed by atoms with Crippen molar-refractivity contribution in [3.63, 3.8) is 0 Å². The van der Waals surface area contributed by atoms with Crippen LogP contribution in [0.4, 0.5) is 0 Å². The highest BCUT2D eigenvalue weighted by Gasteiger charge is 2.68. The van der Waals surface area contributed by atoms with Gasteiger partial charge in [0.1, 0.15) is 0 Å². The van der Waals surface area contributed by atoms with E-state index < -0.39 is 0 Å². The van der Waals surface area contributed by atoms with E-state index in [1.54, 1.807) is 16.1 Å². The molecule has 2 bridgehead atoms. The zero-order chi connectivity index (χ0) is 21.6. The van der Waals surface area contributed by atoms with Crippen LogP contribution in [0.25, 0.3) is 11.0 Å². The molecule has 1 aromatic carbocycles. The van der Waals surface area contributed by atoms with E-state index in [0.717, 1.165) is 23.9 Å². The number of hydrogen-bond donors (Lipinski definition) is 1. The molecular formula is C24H33N3O3. The van der Waals surface area contributed by atoms with E-state index in [1.165, 1.54) is 17.5 Å². The molecule has 1 spiro atoms. The monoisotopic (exact) mass is 411 g/mol. The van der Waals surface area contributed by atoms with Crippen molar-refractivity contribution in [2.24, 2.45) is 36.8 Å². The van der Waals surface area contributed by atoms with E-state index in [4.69, 9.17) is 4.74 Å². The topological polar surface area (TPSA) is 65.3 Å². The second-order valence-electron chi connectivity index (χ2n) is 10.6. The van der Waals surface area contributed by atoms with Crippen LogP contribution in [0.3, 0.4) is 0 Å². The van der Waals surface area contributed by atoms with Crippen LogP contribution in [0.2, 0.25) is 0 Å². The lowest BCUT2D eigenvalue weighted by atomic mass is 9.58. The number of amides is 1. The fourth-order valence-corrected chi connectivity index (χ4v) is 7.27. The van der Waals surface area contributed by atoms with Crippen LogP contribution >= 0.6 is 0 Å². The maximum Gasteiger partial charge on any atom is 0.328 e. The van der Waals surface area contributed by atoms with Gasteiger partial charge in [-0.25, -0.2) is 4.79 Å². The highest BCUT2D eigenvalue weighted by Crippen LogP contribution is 2.70. The average molecular weight is 412 g/mol. The highest BCUT2D eigenvalue weighted by atomic mass is 16.5. The first-order chi connectivity index (χ1) is 14.1. The first-order valence-corrected chi connectivity index (χ1v) is 11.1. The number of hydrogen-bond acceptors (Lipinski definition) is 3. The summed E-state index contributed by atoms with van der Waals surface area (Å²) >= 11 is 0. The third-order valence-electron chi connectivity index (χ3n) is 8.82. The Labute approximate surface area is 177 Å². The van der Waals surface area contributed by atoms with Gasteiger partial charge in [0.15, 0.2) is 0 Å². The van der Waals surface area contributed by atoms with E-state index >= 15 is 0 Å². The largest absolute Gasteiger partial charge is 0.373 e. The number of carbonyl (C=O) groups excluding carboxylic acids is 1. The maximum atomic E-state index is 12.4. The van der Waals surface area contributed by atoms with E-state index in [2.05, 4.69) is 38.2 Å². The van der Waals surface area contributed by atoms with Crippen LogP contribution in [0.5, 0.6) is 0 Å². The molecule has 1 aliphatic heterocycles. The number of benzene rings is 1. The van der Waals surface area contributed by atoms with E-state index in [-0.39, 0.29) is 34.6 Å². The molecule has 5 rings (SSSR count). The van der Waals surface area contributed by atoms with Crippen molar-refractivity contribution in [3.8, 4) is 0 Å². The summed E-state index contributed by atoms with van der Waals surface area (Å²) in [6, 6.07) is 4.47. The van der Waals surface area contributed by atoms with Crippen LogP contribution in [-0.4, -0.2) is 27.7 Å². The van der Waals surface area contributed by atoms with Crippen molar-refractivity contribution in [3.05, 3.63) is 33.7 Å². The summed E-state index contributed by atoms with van der Waals surface area (Å²) < 4.78 is 9.88. The Morgan fingerprint density at radius 1 is 1.20 bits per heavy atom. The number of ether oxygens (including phenoxy) is 1. The first kappa shape index (κ1) is 19.9. The van der Waals surface area contributed by atoms with Crippen molar-refractivity contribution in [1.82, 2.24) is 14.5 Å². The molecule has 5 atom stereocenters. The normalized spacial score (nSPS) is 34.3. The standard InChI is InChI=1S/C24H33N3O3/c1-13-9-18-19(27(6)22(29)26(18)5)11-16(13)20-17-10-15-12-24(17,7-8-30-20)21(23(15,3)4)25-14(2)28/h9,11,15,17,20-21H,7-8,10,12H2,1-6H3,(H,25,28)/t15-,17-,20-,21+,24-/m1/s1. The lowest BCUT2D eigenvalue weighted by molar-refractivity contribution is -0.136. The van der Waals surface area contributed by atoms with Gasteiger partial charge in [-0.15, -0.1) is 0 Å². The molecule has 30 heavy (non-hydrogen) atoms. The van der Waals surface area contributed by atoms with E-state index in [1.807, 2.05) is 14.1 Å². The molecule has 0 unspecified atom stereocenters. The molecule has 3 fully saturated rings. The Bertz CT molecular complexity index is 1110. The minimum absolute atomic E-state index is 0.00465. The summed E-state index contributed by atoms with van der Waals surface area (Å²) in [5.41, 5.74) is 4.46. The molecule has 3 aliphatic rings. The predicted molar refractivity (Wildman–Crippen MR) is 116 cm³/mol. The predicted octanol–water partition coefficient (Wildman–Crippen LogP) is 3.20. The highest BCUT2D eigenvalue weighted by molar-refractivity contribution is 5.78. The minimum Gasteiger partial charge on any atom is -0.373 e. The van der Waals surface area contributed by atoms with Gasteiger partial charge in [0.25, 0.3) is 0 Å². The molecule has 0 radical (unpaired) electrons. The fraction of sp³-hybridized carbons (Fsp3) is 0.667. The second kappa shape index (κ2) is 6.22. The molecule has 162 valence electrons. The Kier molecular flexibility index (Phi) is 4.12. The summed E-state index contributed by atoms with van der Waals surface area (Å²) in [5.74, 6) is 1.04. The number of rotatable bonds is 2. The Morgan fingerprint density at radius 2 is 1.87 bits per heavy atom. The van der Waals surface area contributed by atoms with Gasteiger partial charge in [-0.2, -0.15) is 0 Å². The van der Waals surface area contributed by atoms with Gasteiger partial charge in [0.2, 0.25) is 5.91 Å². The lowest BCUT2D eigenvalue weighted by Gasteiger charge is -2.53. The van der Waals surface area contributed by atoms with Crippen LogP contribution in [0.15, 0.2) is 16.9 Å². The molecule has 2 aromatic rings. The van der Waals surface area contributed by atoms with Crippen LogP contribution in [0, 0.1) is 29.6 Å². The number of aryl methyl sites for hydroxylation is 3. The number of fused-ring (bicyclic) bond motifs is 2. The molecule has 2 heterocycles. The lowest BCUT2D eigenvalue weighted by Crippen LogP contribution is -2.58. The molecule has 1 aromatic heterocycles. The zero-order valence-electron chi connectivity index (χ0n) is 18.9. The summed E-state index contributed by atoms with van der Waals surface area (Å²) in [7, 11) is 3.66. The van der Waals surface area contributed by atoms with Crippen molar-refractivity contribution < 1.29 is 9.53 Å². The smallest absolute Gasteiger partial charge is 0.328 e. The molecule has 2 saturated carbocycles. The number of nitrogens with zero attached hydrogens (tertiary/aromatic N) is 2. The summed E-state index contributed by atoms with van der Waals surface area (Å²) in [6.45, 7) is 9.12. The molecule has 1 amide bonds. The third-order valence-corrected chi connectivity index (χ3v) is 8.82. The number of imidazole rings is 1. The molecule has 6 heteroatoms. The van der Waals surface area contributed by atoms with Crippen molar-refractivity contribution >= 4 is 16.9 Å². The summed E-state index contributed by atoms with van der Waals surface area (Å²) in [4.78, 5) is 24.5. The van der Waals surface area contributed by atoms with Gasteiger partial charge in [0, 0.05) is 33.7 Å². The SMILES string of the molecule is CC(=O)N[C@H]1C(C)(C)[C@@H]2C[C@@H]3[C@@H](c4cc5c(cc4C)n(C)c(=O)n5C)OCC[C@@]31C2. The van der Waals surface area contributed by atoms with E-state index in [0.29, 0.717) is 18.4 Å². The van der Waals surface area contributed by atoms with Crippen molar-refractivity contribution in [2.75, 3.05) is 6.61 Å². The van der Waals surface area contributed by atoms with Crippen molar-refractivity contribution in [1.29, 1.82) is 0 Å².